The van der Waals surface area contributed by atoms with Gasteiger partial charge >= 0.3 is 13.4 Å². The standard InChI is InChI=1S/C17H28FN4O8PS/c1-11(23)32-8-7-28-31(27,21(3)4)29-10-17(9-18)14(25)13(24)15(30-17)22-6-5-12(19-2)20-16(22)26/h5-6,13-15,24-25H,7-10H2,1-4H3,(H,19,20,26)/t13-,14?,15+,17+,31?/m0/s1. The zero-order valence-corrected chi connectivity index (χ0v) is 19.8. The summed E-state index contributed by atoms with van der Waals surface area (Å²) in [4.78, 5) is 27.0. The minimum atomic E-state index is -3.94. The van der Waals surface area contributed by atoms with Gasteiger partial charge in [-0.3, -0.25) is 18.4 Å². The second-order valence-corrected chi connectivity index (χ2v) is 10.7. The molecule has 1 aromatic heterocycles. The Labute approximate surface area is 188 Å². The molecule has 1 aliphatic rings. The Balaban J connectivity index is 2.18. The number of hydrogen-bond acceptors (Lipinski definition) is 11. The number of anilines is 1. The molecule has 1 saturated heterocycles. The van der Waals surface area contributed by atoms with Crippen LogP contribution in [-0.4, -0.2) is 94.1 Å². The van der Waals surface area contributed by atoms with Gasteiger partial charge in [0, 0.05) is 25.9 Å². The van der Waals surface area contributed by atoms with E-state index in [1.165, 1.54) is 33.3 Å². The first-order valence-corrected chi connectivity index (χ1v) is 12.0. The fraction of sp³-hybridized carbons (Fsp3) is 0.706. The molecular weight excluding hydrogens is 470 g/mol. The molecule has 0 radical (unpaired) electrons. The van der Waals surface area contributed by atoms with Crippen molar-refractivity contribution in [1.29, 1.82) is 0 Å². The molecule has 182 valence electrons. The Bertz CT molecular complexity index is 906. The number of alkyl halides is 1. The second kappa shape index (κ2) is 11.2. The third-order valence-corrected chi connectivity index (χ3v) is 7.42. The number of nitrogens with one attached hydrogen (secondary N) is 1. The summed E-state index contributed by atoms with van der Waals surface area (Å²) in [5.41, 5.74) is -2.91. The topological polar surface area (TPSA) is 152 Å². The third-order valence-electron chi connectivity index (χ3n) is 4.70. The van der Waals surface area contributed by atoms with Crippen molar-refractivity contribution in [3.8, 4) is 0 Å². The highest BCUT2D eigenvalue weighted by Gasteiger charge is 2.56. The van der Waals surface area contributed by atoms with Gasteiger partial charge in [-0.25, -0.2) is 18.4 Å². The van der Waals surface area contributed by atoms with E-state index in [2.05, 4.69) is 10.3 Å². The van der Waals surface area contributed by atoms with Crippen LogP contribution in [0.15, 0.2) is 17.1 Å². The van der Waals surface area contributed by atoms with E-state index in [0.29, 0.717) is 0 Å². The van der Waals surface area contributed by atoms with E-state index in [9.17, 15) is 28.8 Å². The largest absolute Gasteiger partial charge is 0.407 e. The second-order valence-electron chi connectivity index (χ2n) is 7.16. The highest BCUT2D eigenvalue weighted by Crippen LogP contribution is 2.52. The summed E-state index contributed by atoms with van der Waals surface area (Å²) in [5.74, 6) is 0.495. The molecule has 5 atom stereocenters. The molecule has 12 nitrogen and oxygen atoms in total. The van der Waals surface area contributed by atoms with Crippen LogP contribution in [-0.2, 0) is 23.1 Å². The van der Waals surface area contributed by atoms with Crippen LogP contribution in [0, 0.1) is 0 Å². The SMILES string of the molecule is CNc1ccn([C@@H]2O[C@](CF)(COP(=O)(OCCSC(C)=O)N(C)C)C(O)[C@@H]2O)c(=O)n1. The van der Waals surface area contributed by atoms with Gasteiger partial charge in [-0.15, -0.1) is 0 Å². The maximum Gasteiger partial charge on any atom is 0.407 e. The van der Waals surface area contributed by atoms with Crippen LogP contribution in [0.4, 0.5) is 10.2 Å². The Kier molecular flexibility index (Phi) is 9.37. The van der Waals surface area contributed by atoms with Crippen LogP contribution in [0.5, 0.6) is 0 Å². The molecule has 0 amide bonds. The summed E-state index contributed by atoms with van der Waals surface area (Å²) >= 11 is 0.974. The summed E-state index contributed by atoms with van der Waals surface area (Å²) in [6.07, 6.45) is -3.68. The predicted molar refractivity (Wildman–Crippen MR) is 115 cm³/mol. The molecule has 0 bridgehead atoms. The lowest BCUT2D eigenvalue weighted by Gasteiger charge is -2.32. The van der Waals surface area contributed by atoms with Crippen LogP contribution in [0.3, 0.4) is 0 Å². The molecule has 0 aliphatic carbocycles. The van der Waals surface area contributed by atoms with Crippen molar-refractivity contribution in [3.05, 3.63) is 22.7 Å². The summed E-state index contributed by atoms with van der Waals surface area (Å²) in [7, 11) is 0.456. The number of ether oxygens (including phenoxy) is 1. The van der Waals surface area contributed by atoms with Crippen molar-refractivity contribution in [2.24, 2.45) is 0 Å². The molecule has 1 aliphatic heterocycles. The van der Waals surface area contributed by atoms with Gasteiger partial charge < -0.3 is 20.3 Å². The lowest BCUT2D eigenvalue weighted by atomic mass is 9.98. The van der Waals surface area contributed by atoms with Crippen molar-refractivity contribution in [3.63, 3.8) is 0 Å². The number of aromatic nitrogens is 2. The van der Waals surface area contributed by atoms with Crippen molar-refractivity contribution in [2.75, 3.05) is 52.1 Å². The number of thioether (sulfide) groups is 1. The van der Waals surface area contributed by atoms with Crippen LogP contribution in [0.2, 0.25) is 0 Å². The van der Waals surface area contributed by atoms with E-state index in [-0.39, 0.29) is 23.3 Å². The maximum atomic E-state index is 14.1. The molecule has 1 fully saturated rings. The lowest BCUT2D eigenvalue weighted by molar-refractivity contribution is -0.136. The van der Waals surface area contributed by atoms with Gasteiger partial charge in [-0.2, -0.15) is 4.98 Å². The van der Waals surface area contributed by atoms with Gasteiger partial charge in [0.05, 0.1) is 13.2 Å². The maximum absolute atomic E-state index is 14.1. The molecule has 1 aromatic rings. The van der Waals surface area contributed by atoms with Gasteiger partial charge in [0.2, 0.25) is 0 Å². The van der Waals surface area contributed by atoms with Crippen LogP contribution in [0.1, 0.15) is 13.2 Å². The number of aliphatic hydroxyl groups excluding tert-OH is 2. The molecule has 3 N–H and O–H groups in total. The van der Waals surface area contributed by atoms with Crippen molar-refractivity contribution in [1.82, 2.24) is 14.2 Å². The van der Waals surface area contributed by atoms with E-state index in [1.54, 1.807) is 7.05 Å². The number of nitrogens with zero attached hydrogens (tertiary/aromatic N) is 3. The van der Waals surface area contributed by atoms with Crippen LogP contribution in [0.25, 0.3) is 0 Å². The molecule has 2 rings (SSSR count). The first-order valence-electron chi connectivity index (χ1n) is 9.57. The minimum absolute atomic E-state index is 0.0874. The van der Waals surface area contributed by atoms with E-state index in [4.69, 9.17) is 13.8 Å². The predicted octanol–water partition coefficient (Wildman–Crippen LogP) is 0.226. The normalized spacial score (nSPS) is 27.4. The molecule has 0 spiro atoms. The lowest BCUT2D eigenvalue weighted by Crippen LogP contribution is -2.49. The average Bonchev–Trinajstić information content (AvgIpc) is 3.00. The van der Waals surface area contributed by atoms with Gasteiger partial charge in [0.15, 0.2) is 16.9 Å². The first kappa shape index (κ1) is 26.9. The Morgan fingerprint density at radius 1 is 1.47 bits per heavy atom. The smallest absolute Gasteiger partial charge is 0.387 e. The molecule has 15 heteroatoms. The molecule has 0 aromatic carbocycles. The fourth-order valence-corrected chi connectivity index (χ4v) is 4.70. The van der Waals surface area contributed by atoms with Crippen molar-refractivity contribution in [2.45, 2.75) is 31.0 Å². The monoisotopic (exact) mass is 498 g/mol. The zero-order valence-electron chi connectivity index (χ0n) is 18.1. The number of halogens is 1. The van der Waals surface area contributed by atoms with E-state index >= 15 is 0 Å². The highest BCUT2D eigenvalue weighted by atomic mass is 32.2. The van der Waals surface area contributed by atoms with Gasteiger partial charge in [0.1, 0.15) is 24.7 Å². The summed E-state index contributed by atoms with van der Waals surface area (Å²) in [6, 6.07) is 1.43. The van der Waals surface area contributed by atoms with Gasteiger partial charge in [-0.1, -0.05) is 11.8 Å². The number of rotatable bonds is 11. The van der Waals surface area contributed by atoms with E-state index < -0.39 is 50.8 Å². The van der Waals surface area contributed by atoms with E-state index in [0.717, 1.165) is 21.0 Å². The third kappa shape index (κ3) is 5.94. The van der Waals surface area contributed by atoms with Crippen molar-refractivity contribution >= 4 is 30.4 Å². The number of hydrogen-bond donors (Lipinski definition) is 3. The summed E-state index contributed by atoms with van der Waals surface area (Å²) in [5, 5.41) is 23.5. The van der Waals surface area contributed by atoms with Gasteiger partial charge in [0.25, 0.3) is 0 Å². The quantitative estimate of drug-likeness (QED) is 0.283. The minimum Gasteiger partial charge on any atom is -0.387 e. The Morgan fingerprint density at radius 3 is 2.69 bits per heavy atom. The molecule has 2 unspecified atom stereocenters. The van der Waals surface area contributed by atoms with E-state index in [1.807, 2.05) is 0 Å². The molecule has 2 heterocycles. The highest BCUT2D eigenvalue weighted by molar-refractivity contribution is 8.13. The van der Waals surface area contributed by atoms with Crippen LogP contribution >= 0.6 is 19.5 Å². The summed E-state index contributed by atoms with van der Waals surface area (Å²) in [6.45, 7) is -0.766. The number of carbonyl (C=O) groups is 1. The fourth-order valence-electron chi connectivity index (χ4n) is 2.88. The van der Waals surface area contributed by atoms with Gasteiger partial charge in [-0.05, 0) is 20.2 Å². The molecule has 32 heavy (non-hydrogen) atoms. The number of carbonyl (C=O) groups excluding carboxylic acids is 1. The summed E-state index contributed by atoms with van der Waals surface area (Å²) < 4.78 is 45.4. The Morgan fingerprint density at radius 2 is 2.16 bits per heavy atom. The molecular formula is C17H28FN4O8PS. The number of aliphatic hydroxyl groups is 2. The zero-order chi connectivity index (χ0) is 24.1. The first-order chi connectivity index (χ1) is 15.0. The average molecular weight is 498 g/mol. The van der Waals surface area contributed by atoms with Crippen molar-refractivity contribution < 1.29 is 37.7 Å². The van der Waals surface area contributed by atoms with Crippen LogP contribution < -0.4 is 11.0 Å². The molecule has 0 saturated carbocycles. The Hall–Kier alpha value is -1.38.